The van der Waals surface area contributed by atoms with Gasteiger partial charge in [0.15, 0.2) is 0 Å². The molecule has 1 aromatic heterocycles. The van der Waals surface area contributed by atoms with Crippen molar-refractivity contribution < 1.29 is 4.39 Å². The van der Waals surface area contributed by atoms with E-state index in [-0.39, 0.29) is 11.3 Å². The monoisotopic (exact) mass is 430 g/mol. The van der Waals surface area contributed by atoms with Gasteiger partial charge in [-0.1, -0.05) is 0 Å². The van der Waals surface area contributed by atoms with E-state index >= 15 is 0 Å². The van der Waals surface area contributed by atoms with Crippen LogP contribution in [0.2, 0.25) is 0 Å². The molecule has 0 amide bonds. The lowest BCUT2D eigenvalue weighted by Crippen LogP contribution is -2.14. The van der Waals surface area contributed by atoms with E-state index < -0.39 is 6.17 Å². The van der Waals surface area contributed by atoms with Crippen LogP contribution in [0, 0.1) is 3.57 Å². The maximum absolute atomic E-state index is 12.7. The van der Waals surface area contributed by atoms with Crippen LogP contribution in [-0.2, 0) is 0 Å². The van der Waals surface area contributed by atoms with Gasteiger partial charge in [0.25, 0.3) is 5.56 Å². The van der Waals surface area contributed by atoms with Gasteiger partial charge in [-0.2, -0.15) is 0 Å². The third-order valence-corrected chi connectivity index (χ3v) is 2.24. The molecule has 0 aliphatic heterocycles. The van der Waals surface area contributed by atoms with E-state index in [1.807, 2.05) is 0 Å². The Kier molecular flexibility index (Phi) is 7.23. The summed E-state index contributed by atoms with van der Waals surface area (Å²) in [7, 11) is 4.61. The lowest BCUT2D eigenvalue weighted by Gasteiger charge is -2.00. The molecule has 0 aliphatic carbocycles. The Balaban J connectivity index is 0.000000671. The second-order valence-corrected chi connectivity index (χ2v) is 3.13. The summed E-state index contributed by atoms with van der Waals surface area (Å²) in [5.41, 5.74) is -0.0885. The molecule has 0 radical (unpaired) electrons. The van der Waals surface area contributed by atoms with Crippen LogP contribution >= 0.6 is 53.0 Å². The topological polar surface area (TPSA) is 45.8 Å². The second kappa shape index (κ2) is 6.93. The minimum atomic E-state index is -1.19. The molecule has 0 saturated carbocycles. The predicted molar refractivity (Wildman–Crippen MR) is 67.0 cm³/mol. The Morgan fingerprint density at radius 3 is 2.62 bits per heavy atom. The summed E-state index contributed by atoms with van der Waals surface area (Å²) in [6.07, 6.45) is 0.0137. The Morgan fingerprint density at radius 2 is 2.23 bits per heavy atom. The summed E-state index contributed by atoms with van der Waals surface area (Å²) in [5.74, 6) is 0. The van der Waals surface area contributed by atoms with E-state index in [9.17, 15) is 9.18 Å². The zero-order valence-corrected chi connectivity index (χ0v) is 11.6. The van der Waals surface area contributed by atoms with Crippen molar-refractivity contribution in [3.63, 3.8) is 0 Å². The number of hydrogen-bond donors (Lipinski definition) is 1. The van der Waals surface area contributed by atoms with Gasteiger partial charge in [0, 0.05) is 21.5 Å². The van der Waals surface area contributed by atoms with Crippen molar-refractivity contribution in [1.29, 1.82) is 0 Å². The van der Waals surface area contributed by atoms with Crippen LogP contribution < -0.4 is 5.56 Å². The Morgan fingerprint density at radius 1 is 1.69 bits per heavy atom. The van der Waals surface area contributed by atoms with Gasteiger partial charge in [-0.05, 0) is 38.4 Å². The summed E-state index contributed by atoms with van der Waals surface area (Å²) in [6.45, 7) is 1.35. The molecule has 1 heterocycles. The van der Waals surface area contributed by atoms with Crippen LogP contribution in [0.4, 0.5) is 4.39 Å². The molecule has 0 fully saturated rings. The number of aromatic nitrogens is 2. The first-order chi connectivity index (χ1) is 6.13. The predicted octanol–water partition coefficient (Wildman–Crippen LogP) is 2.98. The first kappa shape index (κ1) is 13.6. The van der Waals surface area contributed by atoms with E-state index in [1.54, 1.807) is 44.1 Å². The highest BCUT2D eigenvalue weighted by Gasteiger charge is 2.10. The molecule has 0 aromatic carbocycles. The van der Waals surface area contributed by atoms with Crippen molar-refractivity contribution in [3.8, 4) is 0 Å². The number of aromatic amines is 1. The lowest BCUT2D eigenvalue weighted by molar-refractivity contribution is 0.363. The van der Waals surface area contributed by atoms with Crippen LogP contribution in [0.15, 0.2) is 11.1 Å². The van der Waals surface area contributed by atoms with Crippen LogP contribution in [-0.4, -0.2) is 9.97 Å². The van der Waals surface area contributed by atoms with Crippen LogP contribution in [0.25, 0.3) is 0 Å². The van der Waals surface area contributed by atoms with Gasteiger partial charge in [-0.3, -0.25) is 4.79 Å². The highest BCUT2D eigenvalue weighted by Crippen LogP contribution is 2.15. The Labute approximate surface area is 105 Å². The molecule has 0 spiro atoms. The van der Waals surface area contributed by atoms with Crippen LogP contribution in [0.1, 0.15) is 18.8 Å². The molecule has 74 valence electrons. The number of halogens is 4. The fourth-order valence-electron chi connectivity index (χ4n) is 0.674. The fraction of sp³-hybridized carbons (Fsp3) is 0.333. The lowest BCUT2D eigenvalue weighted by atomic mass is 10.3. The molecule has 0 bridgehead atoms. The molecular formula is C6H6ClFI2N2O. The molecular weight excluding hydrogens is 424 g/mol. The Bertz CT molecular complexity index is 318. The van der Waals surface area contributed by atoms with Gasteiger partial charge in [0.05, 0.1) is 12.0 Å². The molecule has 1 atom stereocenters. The normalized spacial score (nSPS) is 11.5. The summed E-state index contributed by atoms with van der Waals surface area (Å²) >= 11 is 3.40. The van der Waals surface area contributed by atoms with E-state index in [0.717, 1.165) is 0 Å². The number of alkyl halides is 1. The SMILES string of the molecule is CC(F)c1nc[nH]c(=O)c1I.ClI. The molecule has 1 unspecified atom stereocenters. The zero-order chi connectivity index (χ0) is 10.4. The van der Waals surface area contributed by atoms with Gasteiger partial charge >= 0.3 is 0 Å². The molecule has 13 heavy (non-hydrogen) atoms. The quantitative estimate of drug-likeness (QED) is 0.697. The zero-order valence-electron chi connectivity index (χ0n) is 6.52. The highest BCUT2D eigenvalue weighted by molar-refractivity contribution is 14.1. The van der Waals surface area contributed by atoms with E-state index in [4.69, 9.17) is 0 Å². The maximum Gasteiger partial charge on any atom is 0.264 e. The first-order valence-electron chi connectivity index (χ1n) is 3.14. The summed E-state index contributed by atoms with van der Waals surface area (Å²) in [6, 6.07) is 0. The number of nitrogens with one attached hydrogen (secondary N) is 1. The van der Waals surface area contributed by atoms with Gasteiger partial charge in [-0.25, -0.2) is 9.37 Å². The largest absolute Gasteiger partial charge is 0.312 e. The Hall–Kier alpha value is 0.560. The van der Waals surface area contributed by atoms with Gasteiger partial charge in [0.1, 0.15) is 9.74 Å². The number of rotatable bonds is 1. The second-order valence-electron chi connectivity index (χ2n) is 2.05. The molecule has 7 heteroatoms. The molecule has 0 saturated heterocycles. The molecule has 1 rings (SSSR count). The van der Waals surface area contributed by atoms with E-state index in [2.05, 4.69) is 18.9 Å². The molecule has 1 aromatic rings. The van der Waals surface area contributed by atoms with Crippen LogP contribution in [0.5, 0.6) is 0 Å². The van der Waals surface area contributed by atoms with Gasteiger partial charge in [-0.15, -0.1) is 0 Å². The van der Waals surface area contributed by atoms with Crippen molar-refractivity contribution in [2.75, 3.05) is 0 Å². The summed E-state index contributed by atoms with van der Waals surface area (Å²) < 4.78 is 13.0. The number of hydrogen-bond acceptors (Lipinski definition) is 2. The standard InChI is InChI=1S/C6H6FIN2O.ClI/c1-3(7)5-4(8)6(11)10-2-9-5;1-2/h2-3H,1H3,(H,9,10,11);. The van der Waals surface area contributed by atoms with E-state index in [0.29, 0.717) is 3.57 Å². The fourth-order valence-corrected chi connectivity index (χ4v) is 1.40. The van der Waals surface area contributed by atoms with Gasteiger partial charge in [0.2, 0.25) is 0 Å². The average molecular weight is 430 g/mol. The van der Waals surface area contributed by atoms with Crippen molar-refractivity contribution >= 4 is 53.0 Å². The van der Waals surface area contributed by atoms with Gasteiger partial charge < -0.3 is 4.98 Å². The molecule has 1 N–H and O–H groups in total. The van der Waals surface area contributed by atoms with Crippen molar-refractivity contribution in [2.45, 2.75) is 13.1 Å². The highest BCUT2D eigenvalue weighted by atomic mass is 127. The summed E-state index contributed by atoms with van der Waals surface area (Å²) in [5, 5.41) is 0. The maximum atomic E-state index is 12.7. The number of nitrogens with zero attached hydrogens (tertiary/aromatic N) is 1. The van der Waals surface area contributed by atoms with Crippen molar-refractivity contribution in [2.24, 2.45) is 0 Å². The average Bonchev–Trinajstić information content (AvgIpc) is 2.13. The third kappa shape index (κ3) is 4.07. The third-order valence-electron chi connectivity index (χ3n) is 1.20. The van der Waals surface area contributed by atoms with E-state index in [1.165, 1.54) is 13.3 Å². The minimum Gasteiger partial charge on any atom is -0.312 e. The van der Waals surface area contributed by atoms with Crippen LogP contribution in [0.3, 0.4) is 0 Å². The number of H-pyrrole nitrogens is 1. The smallest absolute Gasteiger partial charge is 0.264 e. The minimum absolute atomic E-state index is 0.203. The van der Waals surface area contributed by atoms with Crippen molar-refractivity contribution in [1.82, 2.24) is 9.97 Å². The van der Waals surface area contributed by atoms with Crippen molar-refractivity contribution in [3.05, 3.63) is 25.9 Å². The summed E-state index contributed by atoms with van der Waals surface area (Å²) in [4.78, 5) is 16.9. The first-order valence-corrected chi connectivity index (χ1v) is 6.95. The molecule has 3 nitrogen and oxygen atoms in total. The molecule has 0 aliphatic rings.